The summed E-state index contributed by atoms with van der Waals surface area (Å²) < 4.78 is 5.84. The monoisotopic (exact) mass is 246 g/mol. The molecule has 0 unspecified atom stereocenters. The summed E-state index contributed by atoms with van der Waals surface area (Å²) in [6, 6.07) is 0. The molecule has 0 saturated carbocycles. The highest BCUT2D eigenvalue weighted by Crippen LogP contribution is 2.09. The van der Waals surface area contributed by atoms with Gasteiger partial charge in [-0.15, -0.1) is 0 Å². The number of hydrogen-bond acceptors (Lipinski definition) is 5. The SMILES string of the molecule is CNC(=S)N(CCO)Cc1c([O-])on[n+]1C. The van der Waals surface area contributed by atoms with Gasteiger partial charge < -0.3 is 25.0 Å². The van der Waals surface area contributed by atoms with Crippen molar-refractivity contribution in [2.24, 2.45) is 7.05 Å². The van der Waals surface area contributed by atoms with E-state index in [9.17, 15) is 5.11 Å². The highest BCUT2D eigenvalue weighted by molar-refractivity contribution is 7.80. The van der Waals surface area contributed by atoms with E-state index in [1.807, 2.05) is 0 Å². The fourth-order valence-electron chi connectivity index (χ4n) is 1.21. The first-order valence-electron chi connectivity index (χ1n) is 4.69. The van der Waals surface area contributed by atoms with Gasteiger partial charge in [-0.3, -0.25) is 0 Å². The number of nitrogens with zero attached hydrogens (tertiary/aromatic N) is 3. The van der Waals surface area contributed by atoms with Crippen LogP contribution in [0.1, 0.15) is 5.69 Å². The van der Waals surface area contributed by atoms with Crippen LogP contribution in [0.3, 0.4) is 0 Å². The Kier molecular flexibility index (Phi) is 4.44. The lowest BCUT2D eigenvalue weighted by atomic mass is 10.4. The van der Waals surface area contributed by atoms with Crippen LogP contribution < -0.4 is 15.1 Å². The van der Waals surface area contributed by atoms with Gasteiger partial charge in [0.25, 0.3) is 5.69 Å². The van der Waals surface area contributed by atoms with Crippen LogP contribution in [0.15, 0.2) is 4.52 Å². The Hall–Kier alpha value is -1.41. The molecule has 0 fully saturated rings. The van der Waals surface area contributed by atoms with Gasteiger partial charge in [0.1, 0.15) is 6.54 Å². The minimum atomic E-state index is -0.496. The third-order valence-corrected chi connectivity index (χ3v) is 2.55. The maximum Gasteiger partial charge on any atom is 0.252 e. The van der Waals surface area contributed by atoms with E-state index in [-0.39, 0.29) is 13.2 Å². The van der Waals surface area contributed by atoms with Gasteiger partial charge in [0.15, 0.2) is 18.1 Å². The normalized spacial score (nSPS) is 10.2. The van der Waals surface area contributed by atoms with Crippen molar-refractivity contribution in [1.29, 1.82) is 0 Å². The number of thiocarbonyl (C=S) groups is 1. The quantitative estimate of drug-likeness (QED) is 0.463. The molecule has 90 valence electrons. The minimum absolute atomic E-state index is 0.0506. The van der Waals surface area contributed by atoms with Crippen LogP contribution in [0.5, 0.6) is 5.95 Å². The van der Waals surface area contributed by atoms with E-state index >= 15 is 0 Å². The predicted octanol–water partition coefficient (Wildman–Crippen LogP) is -2.13. The Morgan fingerprint density at radius 3 is 2.88 bits per heavy atom. The van der Waals surface area contributed by atoms with Crippen molar-refractivity contribution in [1.82, 2.24) is 15.5 Å². The Bertz CT molecular complexity index is 349. The largest absolute Gasteiger partial charge is 0.539 e. The molecule has 0 amide bonds. The second-order valence-electron chi connectivity index (χ2n) is 3.13. The van der Waals surface area contributed by atoms with Crippen molar-refractivity contribution in [3.8, 4) is 5.95 Å². The molecule has 0 radical (unpaired) electrons. The molecular weight excluding hydrogens is 232 g/mol. The van der Waals surface area contributed by atoms with Gasteiger partial charge in [0.2, 0.25) is 0 Å². The third kappa shape index (κ3) is 2.80. The van der Waals surface area contributed by atoms with Crippen LogP contribution in [-0.2, 0) is 13.6 Å². The average Bonchev–Trinajstić information content (AvgIpc) is 2.58. The smallest absolute Gasteiger partial charge is 0.252 e. The molecule has 1 aromatic heterocycles. The molecule has 0 bridgehead atoms. The van der Waals surface area contributed by atoms with E-state index in [1.54, 1.807) is 19.0 Å². The first-order chi connectivity index (χ1) is 7.60. The van der Waals surface area contributed by atoms with Gasteiger partial charge in [-0.25, -0.2) is 0 Å². The summed E-state index contributed by atoms with van der Waals surface area (Å²) in [5.74, 6) is -0.496. The van der Waals surface area contributed by atoms with E-state index in [4.69, 9.17) is 17.3 Å². The van der Waals surface area contributed by atoms with Gasteiger partial charge >= 0.3 is 0 Å². The molecule has 0 spiro atoms. The summed E-state index contributed by atoms with van der Waals surface area (Å²) in [5, 5.41) is 26.9. The molecule has 1 rings (SSSR count). The summed E-state index contributed by atoms with van der Waals surface area (Å²) in [5.41, 5.74) is 0.381. The number of aryl methyl sites for hydroxylation is 1. The van der Waals surface area contributed by atoms with Crippen LogP contribution in [0.25, 0.3) is 0 Å². The molecule has 0 atom stereocenters. The van der Waals surface area contributed by atoms with Crippen molar-refractivity contribution in [3.63, 3.8) is 0 Å². The Morgan fingerprint density at radius 1 is 1.75 bits per heavy atom. The van der Waals surface area contributed by atoms with E-state index in [0.717, 1.165) is 0 Å². The van der Waals surface area contributed by atoms with Crippen LogP contribution >= 0.6 is 12.2 Å². The second-order valence-corrected chi connectivity index (χ2v) is 3.52. The Morgan fingerprint density at radius 2 is 2.44 bits per heavy atom. The number of aliphatic hydroxyl groups excluding tert-OH is 1. The number of nitrogens with one attached hydrogen (secondary N) is 1. The van der Waals surface area contributed by atoms with Gasteiger partial charge in [-0.2, -0.15) is 0 Å². The maximum atomic E-state index is 11.3. The molecule has 0 saturated heterocycles. The number of hydrogen-bond donors (Lipinski definition) is 2. The van der Waals surface area contributed by atoms with Gasteiger partial charge in [-0.1, -0.05) is 4.68 Å². The van der Waals surface area contributed by atoms with Crippen LogP contribution in [0.4, 0.5) is 0 Å². The fourth-order valence-corrected chi connectivity index (χ4v) is 1.37. The van der Waals surface area contributed by atoms with E-state index in [2.05, 4.69) is 15.1 Å². The molecule has 2 N–H and O–H groups in total. The minimum Gasteiger partial charge on any atom is -0.539 e. The summed E-state index contributed by atoms with van der Waals surface area (Å²) >= 11 is 5.04. The number of rotatable bonds is 4. The molecular formula is C8H14N4O3S. The molecule has 16 heavy (non-hydrogen) atoms. The van der Waals surface area contributed by atoms with Crippen LogP contribution in [-0.4, -0.2) is 40.6 Å². The zero-order valence-electron chi connectivity index (χ0n) is 9.13. The molecule has 0 aliphatic heterocycles. The zero-order valence-corrected chi connectivity index (χ0v) is 9.95. The predicted molar refractivity (Wildman–Crippen MR) is 56.3 cm³/mol. The number of aliphatic hydroxyl groups is 1. The topological polar surface area (TPSA) is 88.5 Å². The highest BCUT2D eigenvalue weighted by atomic mass is 32.1. The first kappa shape index (κ1) is 12.7. The lowest BCUT2D eigenvalue weighted by Gasteiger charge is -2.21. The first-order valence-corrected chi connectivity index (χ1v) is 5.10. The Labute approximate surface area is 98.2 Å². The number of aromatic nitrogens is 2. The molecule has 1 aromatic rings. The lowest BCUT2D eigenvalue weighted by Crippen LogP contribution is -2.43. The van der Waals surface area contributed by atoms with Crippen LogP contribution in [0.2, 0.25) is 0 Å². The fraction of sp³-hybridized carbons (Fsp3) is 0.625. The molecule has 7 nitrogen and oxygen atoms in total. The van der Waals surface area contributed by atoms with E-state index in [0.29, 0.717) is 17.4 Å². The molecule has 0 aliphatic rings. The van der Waals surface area contributed by atoms with Crippen LogP contribution in [0, 0.1) is 0 Å². The second kappa shape index (κ2) is 5.61. The highest BCUT2D eigenvalue weighted by Gasteiger charge is 2.18. The summed E-state index contributed by atoms with van der Waals surface area (Å²) in [6.45, 7) is 0.536. The summed E-state index contributed by atoms with van der Waals surface area (Å²) in [4.78, 5) is 1.66. The third-order valence-electron chi connectivity index (χ3n) is 2.08. The van der Waals surface area contributed by atoms with Gasteiger partial charge in [0, 0.05) is 13.6 Å². The van der Waals surface area contributed by atoms with Crippen molar-refractivity contribution in [3.05, 3.63) is 5.69 Å². The zero-order chi connectivity index (χ0) is 12.1. The average molecular weight is 246 g/mol. The summed E-state index contributed by atoms with van der Waals surface area (Å²) in [7, 11) is 3.29. The van der Waals surface area contributed by atoms with Gasteiger partial charge in [-0.05, 0) is 12.2 Å². The van der Waals surface area contributed by atoms with Crippen molar-refractivity contribution < 1.29 is 19.4 Å². The van der Waals surface area contributed by atoms with Crippen molar-refractivity contribution >= 4 is 17.3 Å². The standard InChI is InChI=1S/C8H14N4O3S/c1-9-8(16)12(3-4-13)5-6-7(14)15-10-11(6)2/h13H,3-5H2,1-2H3,(H-,9,10,14,16). The summed E-state index contributed by atoms with van der Waals surface area (Å²) in [6.07, 6.45) is 0. The molecule has 1 heterocycles. The van der Waals surface area contributed by atoms with Crippen molar-refractivity contribution in [2.45, 2.75) is 6.54 Å². The molecule has 8 heteroatoms. The lowest BCUT2D eigenvalue weighted by molar-refractivity contribution is -0.746. The maximum absolute atomic E-state index is 11.3. The molecule has 0 aromatic carbocycles. The van der Waals surface area contributed by atoms with E-state index < -0.39 is 5.95 Å². The molecule has 0 aliphatic carbocycles. The van der Waals surface area contributed by atoms with Gasteiger partial charge in [0.05, 0.1) is 11.9 Å². The Balaban J connectivity index is 2.79. The van der Waals surface area contributed by atoms with E-state index in [1.165, 1.54) is 4.68 Å². The van der Waals surface area contributed by atoms with Crippen molar-refractivity contribution in [2.75, 3.05) is 20.2 Å².